The van der Waals surface area contributed by atoms with Crippen LogP contribution in [-0.2, 0) is 0 Å². The molecule has 0 heterocycles. The third-order valence-corrected chi connectivity index (χ3v) is 3.02. The topological polar surface area (TPSA) is 38.7 Å². The minimum Gasteiger partial charge on any atom is -0.493 e. The van der Waals surface area contributed by atoms with Crippen LogP contribution in [0.5, 0.6) is 11.5 Å². The van der Waals surface area contributed by atoms with E-state index < -0.39 is 0 Å². The van der Waals surface area contributed by atoms with Crippen molar-refractivity contribution in [2.45, 2.75) is 37.9 Å². The summed E-state index contributed by atoms with van der Waals surface area (Å²) in [7, 11) is 1.62. The summed E-state index contributed by atoms with van der Waals surface area (Å²) in [6, 6.07) is 7.56. The average Bonchev–Trinajstić information content (AvgIpc) is 2.33. The van der Waals surface area contributed by atoms with E-state index in [1.165, 1.54) is 0 Å². The maximum Gasteiger partial charge on any atom is 0.161 e. The van der Waals surface area contributed by atoms with Crippen LogP contribution in [0.2, 0.25) is 0 Å². The average molecular weight is 222 g/mol. The number of aliphatic hydroxyl groups excluding tert-OH is 1. The molecular weight excluding hydrogens is 204 g/mol. The van der Waals surface area contributed by atoms with Gasteiger partial charge in [-0.25, -0.2) is 0 Å². The molecule has 0 unspecified atom stereocenters. The molecule has 2 rings (SSSR count). The molecule has 88 valence electrons. The van der Waals surface area contributed by atoms with Crippen molar-refractivity contribution in [2.24, 2.45) is 0 Å². The molecule has 0 spiro atoms. The number of hydrogen-bond donors (Lipinski definition) is 1. The number of methoxy groups -OCH3 is 1. The second kappa shape index (κ2) is 5.21. The van der Waals surface area contributed by atoms with Gasteiger partial charge in [-0.1, -0.05) is 18.6 Å². The molecule has 1 aliphatic carbocycles. The van der Waals surface area contributed by atoms with Crippen LogP contribution in [0.1, 0.15) is 25.7 Å². The zero-order valence-corrected chi connectivity index (χ0v) is 9.56. The Hall–Kier alpha value is -1.22. The lowest BCUT2D eigenvalue weighted by molar-refractivity contribution is 0.00568. The van der Waals surface area contributed by atoms with Crippen molar-refractivity contribution in [1.82, 2.24) is 0 Å². The lowest BCUT2D eigenvalue weighted by Crippen LogP contribution is -2.34. The molecule has 0 radical (unpaired) electrons. The lowest BCUT2D eigenvalue weighted by atomic mass is 9.95. The summed E-state index contributed by atoms with van der Waals surface area (Å²) >= 11 is 0. The Labute approximate surface area is 96.0 Å². The van der Waals surface area contributed by atoms with Gasteiger partial charge in [0.15, 0.2) is 11.5 Å². The third-order valence-electron chi connectivity index (χ3n) is 3.02. The highest BCUT2D eigenvalue weighted by Gasteiger charge is 2.25. The Morgan fingerprint density at radius 3 is 2.50 bits per heavy atom. The van der Waals surface area contributed by atoms with Crippen molar-refractivity contribution in [3.05, 3.63) is 24.3 Å². The monoisotopic (exact) mass is 222 g/mol. The van der Waals surface area contributed by atoms with Crippen molar-refractivity contribution in [2.75, 3.05) is 7.11 Å². The molecule has 1 saturated carbocycles. The zero-order valence-electron chi connectivity index (χ0n) is 9.56. The molecule has 0 saturated heterocycles. The molecule has 16 heavy (non-hydrogen) atoms. The van der Waals surface area contributed by atoms with Crippen LogP contribution in [0.4, 0.5) is 0 Å². The van der Waals surface area contributed by atoms with E-state index in [1.54, 1.807) is 7.11 Å². The Morgan fingerprint density at radius 1 is 1.12 bits per heavy atom. The largest absolute Gasteiger partial charge is 0.493 e. The molecule has 0 amide bonds. The molecule has 1 aromatic carbocycles. The summed E-state index contributed by atoms with van der Waals surface area (Å²) in [6.07, 6.45) is 3.52. The van der Waals surface area contributed by atoms with E-state index in [-0.39, 0.29) is 12.2 Å². The Kier molecular flexibility index (Phi) is 3.67. The molecule has 3 nitrogen and oxygen atoms in total. The van der Waals surface area contributed by atoms with Gasteiger partial charge in [0, 0.05) is 0 Å². The number of ether oxygens (including phenoxy) is 2. The van der Waals surface area contributed by atoms with Crippen LogP contribution in [0.25, 0.3) is 0 Å². The van der Waals surface area contributed by atoms with Crippen molar-refractivity contribution in [1.29, 1.82) is 0 Å². The summed E-state index contributed by atoms with van der Waals surface area (Å²) in [6.45, 7) is 0. The first-order valence-corrected chi connectivity index (χ1v) is 5.79. The van der Waals surface area contributed by atoms with Crippen LogP contribution >= 0.6 is 0 Å². The quantitative estimate of drug-likeness (QED) is 0.853. The van der Waals surface area contributed by atoms with E-state index >= 15 is 0 Å². The molecule has 1 fully saturated rings. The number of para-hydroxylation sites is 2. The van der Waals surface area contributed by atoms with Gasteiger partial charge in [0.2, 0.25) is 0 Å². The summed E-state index contributed by atoms with van der Waals surface area (Å²) in [5.74, 6) is 1.44. The molecule has 0 aromatic heterocycles. The SMILES string of the molecule is COc1ccccc1O[C@H]1CCCC[C@@H]1O. The van der Waals surface area contributed by atoms with Gasteiger partial charge in [-0.2, -0.15) is 0 Å². The number of hydrogen-bond acceptors (Lipinski definition) is 3. The lowest BCUT2D eigenvalue weighted by Gasteiger charge is -2.28. The molecular formula is C13H18O3. The van der Waals surface area contributed by atoms with Crippen LogP contribution in [0, 0.1) is 0 Å². The molecule has 1 aromatic rings. The predicted octanol–water partition coefficient (Wildman–Crippen LogP) is 2.38. The number of aliphatic hydroxyl groups is 1. The second-order valence-corrected chi connectivity index (χ2v) is 4.16. The van der Waals surface area contributed by atoms with Gasteiger partial charge in [-0.15, -0.1) is 0 Å². The summed E-state index contributed by atoms with van der Waals surface area (Å²) in [5, 5.41) is 9.83. The zero-order chi connectivity index (χ0) is 11.4. The fourth-order valence-corrected chi connectivity index (χ4v) is 2.09. The summed E-state index contributed by atoms with van der Waals surface area (Å²) in [4.78, 5) is 0. The van der Waals surface area contributed by atoms with Crippen LogP contribution in [-0.4, -0.2) is 24.4 Å². The van der Waals surface area contributed by atoms with E-state index in [0.29, 0.717) is 0 Å². The van der Waals surface area contributed by atoms with E-state index in [2.05, 4.69) is 0 Å². The minimum absolute atomic E-state index is 0.0925. The van der Waals surface area contributed by atoms with Crippen molar-refractivity contribution in [3.8, 4) is 11.5 Å². The number of benzene rings is 1. The second-order valence-electron chi connectivity index (χ2n) is 4.16. The smallest absolute Gasteiger partial charge is 0.161 e. The van der Waals surface area contributed by atoms with E-state index in [1.807, 2.05) is 24.3 Å². The van der Waals surface area contributed by atoms with Gasteiger partial charge in [0.1, 0.15) is 6.10 Å². The fraction of sp³-hybridized carbons (Fsp3) is 0.538. The molecule has 0 bridgehead atoms. The Bertz CT molecular complexity index is 338. The maximum atomic E-state index is 9.83. The standard InChI is InChI=1S/C13H18O3/c1-15-12-8-4-5-9-13(12)16-11-7-3-2-6-10(11)14/h4-5,8-11,14H,2-3,6-7H2,1H3/t10-,11-/m0/s1. The summed E-state index contributed by atoms with van der Waals surface area (Å²) < 4.78 is 11.0. The van der Waals surface area contributed by atoms with Gasteiger partial charge in [0.25, 0.3) is 0 Å². The van der Waals surface area contributed by atoms with E-state index in [4.69, 9.17) is 9.47 Å². The van der Waals surface area contributed by atoms with Crippen molar-refractivity contribution >= 4 is 0 Å². The van der Waals surface area contributed by atoms with Crippen LogP contribution < -0.4 is 9.47 Å². The van der Waals surface area contributed by atoms with Gasteiger partial charge < -0.3 is 14.6 Å². The van der Waals surface area contributed by atoms with Gasteiger partial charge in [-0.05, 0) is 31.4 Å². The summed E-state index contributed by atoms with van der Waals surface area (Å²) in [5.41, 5.74) is 0. The Morgan fingerprint density at radius 2 is 1.81 bits per heavy atom. The molecule has 0 aliphatic heterocycles. The first-order valence-electron chi connectivity index (χ1n) is 5.79. The Balaban J connectivity index is 2.07. The van der Waals surface area contributed by atoms with Crippen LogP contribution in [0.3, 0.4) is 0 Å². The van der Waals surface area contributed by atoms with E-state index in [0.717, 1.165) is 37.2 Å². The van der Waals surface area contributed by atoms with Gasteiger partial charge >= 0.3 is 0 Å². The molecule has 3 heteroatoms. The fourth-order valence-electron chi connectivity index (χ4n) is 2.09. The highest BCUT2D eigenvalue weighted by Crippen LogP contribution is 2.30. The molecule has 2 atom stereocenters. The first-order chi connectivity index (χ1) is 7.81. The highest BCUT2D eigenvalue weighted by atomic mass is 16.5. The highest BCUT2D eigenvalue weighted by molar-refractivity contribution is 5.39. The van der Waals surface area contributed by atoms with Gasteiger partial charge in [0.05, 0.1) is 13.2 Å². The normalized spacial score (nSPS) is 25.1. The maximum absolute atomic E-state index is 9.83. The molecule has 1 aliphatic rings. The minimum atomic E-state index is -0.348. The molecule has 1 N–H and O–H groups in total. The third kappa shape index (κ3) is 2.47. The van der Waals surface area contributed by atoms with Gasteiger partial charge in [-0.3, -0.25) is 0 Å². The van der Waals surface area contributed by atoms with Crippen LogP contribution in [0.15, 0.2) is 24.3 Å². The van der Waals surface area contributed by atoms with Crippen molar-refractivity contribution < 1.29 is 14.6 Å². The number of rotatable bonds is 3. The van der Waals surface area contributed by atoms with Crippen molar-refractivity contribution in [3.63, 3.8) is 0 Å². The predicted molar refractivity (Wildman–Crippen MR) is 61.9 cm³/mol. The first kappa shape index (κ1) is 11.3. The van der Waals surface area contributed by atoms with E-state index in [9.17, 15) is 5.11 Å².